The number of ether oxygens (including phenoxy) is 3. The summed E-state index contributed by atoms with van der Waals surface area (Å²) in [5.74, 6) is 1.01. The number of amides is 1. The summed E-state index contributed by atoms with van der Waals surface area (Å²) >= 11 is 0. The quantitative estimate of drug-likeness (QED) is 0.453. The molecular weight excluding hydrogens is 406 g/mol. The van der Waals surface area contributed by atoms with Crippen molar-refractivity contribution >= 4 is 22.7 Å². The second-order valence-corrected chi connectivity index (χ2v) is 7.79. The fraction of sp³-hybridized carbons (Fsp3) is 0.360. The minimum Gasteiger partial charge on any atom is -0.491 e. The number of nitrogens with zero attached hydrogens (tertiary/aromatic N) is 2. The first kappa shape index (κ1) is 23.2. The van der Waals surface area contributed by atoms with E-state index in [2.05, 4.69) is 16.0 Å². The molecule has 0 aliphatic heterocycles. The Balaban J connectivity index is 1.92. The van der Waals surface area contributed by atoms with Crippen molar-refractivity contribution in [2.24, 2.45) is 5.92 Å². The maximum atomic E-state index is 11.9. The van der Waals surface area contributed by atoms with Crippen molar-refractivity contribution < 1.29 is 19.0 Å². The molecule has 0 bridgehead atoms. The number of hydrogen-bond acceptors (Lipinski definition) is 5. The van der Waals surface area contributed by atoms with Crippen molar-refractivity contribution in [3.63, 3.8) is 0 Å². The van der Waals surface area contributed by atoms with Gasteiger partial charge in [-0.2, -0.15) is 5.26 Å². The van der Waals surface area contributed by atoms with Gasteiger partial charge in [0.05, 0.1) is 30.0 Å². The molecular formula is C25H29N3O4. The molecule has 1 aromatic heterocycles. The summed E-state index contributed by atoms with van der Waals surface area (Å²) in [7, 11) is 1.63. The van der Waals surface area contributed by atoms with Crippen LogP contribution in [0.15, 0.2) is 42.5 Å². The maximum absolute atomic E-state index is 11.9. The van der Waals surface area contributed by atoms with Crippen LogP contribution < -0.4 is 10.1 Å². The highest BCUT2D eigenvalue weighted by atomic mass is 16.5. The number of aryl methyl sites for hydroxylation is 1. The van der Waals surface area contributed by atoms with Gasteiger partial charge in [-0.15, -0.1) is 0 Å². The fourth-order valence-electron chi connectivity index (χ4n) is 3.51. The molecule has 168 valence electrons. The number of benzene rings is 2. The molecule has 3 rings (SSSR count). The Kier molecular flexibility index (Phi) is 7.74. The van der Waals surface area contributed by atoms with Gasteiger partial charge in [0.2, 0.25) is 0 Å². The van der Waals surface area contributed by atoms with Crippen molar-refractivity contribution in [3.8, 4) is 23.1 Å². The predicted octanol–water partition coefficient (Wildman–Crippen LogP) is 5.43. The third-order valence-electron chi connectivity index (χ3n) is 4.97. The number of fused-ring (bicyclic) bond motifs is 1. The zero-order chi connectivity index (χ0) is 23.1. The minimum atomic E-state index is -0.479. The first-order chi connectivity index (χ1) is 15.5. The van der Waals surface area contributed by atoms with E-state index in [1.54, 1.807) is 7.11 Å². The van der Waals surface area contributed by atoms with Crippen LogP contribution in [0, 0.1) is 17.2 Å². The van der Waals surface area contributed by atoms with Crippen LogP contribution >= 0.6 is 0 Å². The van der Waals surface area contributed by atoms with E-state index in [0.29, 0.717) is 37.6 Å². The summed E-state index contributed by atoms with van der Waals surface area (Å²) in [6.07, 6.45) is -0.479. The molecule has 0 aliphatic carbocycles. The molecule has 0 fully saturated rings. The number of carbonyl (C=O) groups is 1. The molecule has 0 spiro atoms. The minimum absolute atomic E-state index is 0.273. The summed E-state index contributed by atoms with van der Waals surface area (Å²) in [5, 5.41) is 13.5. The fourth-order valence-corrected chi connectivity index (χ4v) is 3.51. The van der Waals surface area contributed by atoms with E-state index in [4.69, 9.17) is 14.2 Å². The highest BCUT2D eigenvalue weighted by Gasteiger charge is 2.18. The van der Waals surface area contributed by atoms with Crippen molar-refractivity contribution in [1.82, 2.24) is 4.57 Å². The van der Waals surface area contributed by atoms with Crippen LogP contribution in [-0.2, 0) is 16.0 Å². The number of nitrogens with one attached hydrogen (secondary N) is 1. The van der Waals surface area contributed by atoms with Crippen molar-refractivity contribution in [1.29, 1.82) is 5.26 Å². The van der Waals surface area contributed by atoms with Crippen molar-refractivity contribution in [2.45, 2.75) is 27.3 Å². The molecule has 0 aliphatic rings. The van der Waals surface area contributed by atoms with Crippen LogP contribution in [0.2, 0.25) is 0 Å². The van der Waals surface area contributed by atoms with Crippen LogP contribution in [0.25, 0.3) is 22.2 Å². The maximum Gasteiger partial charge on any atom is 0.411 e. The second kappa shape index (κ2) is 10.7. The SMILES string of the molecule is CCn1c(-c2ccc(NC(=O)OCC(C)C)cc2)c(C#N)c2ccc(OCCOC)cc21. The van der Waals surface area contributed by atoms with E-state index in [1.165, 1.54) is 0 Å². The van der Waals surface area contributed by atoms with Crippen LogP contribution in [0.4, 0.5) is 10.5 Å². The Hall–Kier alpha value is -3.50. The molecule has 3 aromatic rings. The Morgan fingerprint density at radius 1 is 1.16 bits per heavy atom. The number of hydrogen-bond donors (Lipinski definition) is 1. The van der Waals surface area contributed by atoms with Crippen LogP contribution in [0.5, 0.6) is 5.75 Å². The lowest BCUT2D eigenvalue weighted by Crippen LogP contribution is -2.16. The Morgan fingerprint density at radius 2 is 1.91 bits per heavy atom. The average Bonchev–Trinajstić information content (AvgIpc) is 3.11. The lowest BCUT2D eigenvalue weighted by atomic mass is 10.1. The van der Waals surface area contributed by atoms with Gasteiger partial charge < -0.3 is 18.8 Å². The number of methoxy groups -OCH3 is 1. The summed E-state index contributed by atoms with van der Waals surface area (Å²) in [6.45, 7) is 8.03. The van der Waals surface area contributed by atoms with Crippen LogP contribution in [0.3, 0.4) is 0 Å². The molecule has 0 saturated heterocycles. The van der Waals surface area contributed by atoms with E-state index >= 15 is 0 Å². The zero-order valence-electron chi connectivity index (χ0n) is 19.0. The normalized spacial score (nSPS) is 10.9. The third kappa shape index (κ3) is 5.21. The van der Waals surface area contributed by atoms with Gasteiger partial charge in [-0.3, -0.25) is 5.32 Å². The largest absolute Gasteiger partial charge is 0.491 e. The summed E-state index contributed by atoms with van der Waals surface area (Å²) in [4.78, 5) is 11.9. The van der Waals surface area contributed by atoms with E-state index in [9.17, 15) is 10.1 Å². The standard InChI is InChI=1S/C25H29N3O4/c1-5-28-23-14-20(31-13-12-30-4)10-11-21(23)22(15-26)24(28)18-6-8-19(9-7-18)27-25(29)32-16-17(2)3/h6-11,14,17H,5,12-13,16H2,1-4H3,(H,27,29). The topological polar surface area (TPSA) is 85.5 Å². The average molecular weight is 436 g/mol. The van der Waals surface area contributed by atoms with Crippen molar-refractivity contribution in [2.75, 3.05) is 32.2 Å². The van der Waals surface area contributed by atoms with Gasteiger partial charge in [-0.05, 0) is 42.7 Å². The summed E-state index contributed by atoms with van der Waals surface area (Å²) in [5.41, 5.74) is 3.92. The van der Waals surface area contributed by atoms with Gasteiger partial charge in [0, 0.05) is 30.8 Å². The molecule has 1 N–H and O–H groups in total. The molecule has 2 aromatic carbocycles. The number of nitriles is 1. The Labute approximate surface area is 188 Å². The Morgan fingerprint density at radius 3 is 2.53 bits per heavy atom. The van der Waals surface area contributed by atoms with E-state index in [0.717, 1.165) is 27.9 Å². The van der Waals surface area contributed by atoms with Gasteiger partial charge >= 0.3 is 6.09 Å². The molecule has 0 saturated carbocycles. The first-order valence-corrected chi connectivity index (χ1v) is 10.7. The molecule has 0 unspecified atom stereocenters. The monoisotopic (exact) mass is 435 g/mol. The molecule has 0 radical (unpaired) electrons. The number of carbonyl (C=O) groups excluding carboxylic acids is 1. The van der Waals surface area contributed by atoms with Gasteiger partial charge in [0.25, 0.3) is 0 Å². The zero-order valence-corrected chi connectivity index (χ0v) is 19.0. The number of aromatic nitrogens is 1. The Bertz CT molecular complexity index is 1110. The van der Waals surface area contributed by atoms with Crippen LogP contribution in [-0.4, -0.2) is 37.6 Å². The molecule has 1 amide bonds. The molecule has 7 heteroatoms. The number of rotatable bonds is 9. The van der Waals surface area contributed by atoms with Crippen LogP contribution in [0.1, 0.15) is 26.3 Å². The van der Waals surface area contributed by atoms with Gasteiger partial charge in [-0.25, -0.2) is 4.79 Å². The van der Waals surface area contributed by atoms with E-state index < -0.39 is 6.09 Å². The second-order valence-electron chi connectivity index (χ2n) is 7.79. The number of anilines is 1. The molecule has 1 heterocycles. The lowest BCUT2D eigenvalue weighted by molar-refractivity contribution is 0.146. The lowest BCUT2D eigenvalue weighted by Gasteiger charge is -2.11. The van der Waals surface area contributed by atoms with E-state index in [-0.39, 0.29) is 5.92 Å². The van der Waals surface area contributed by atoms with E-state index in [1.807, 2.05) is 63.2 Å². The first-order valence-electron chi connectivity index (χ1n) is 10.7. The highest BCUT2D eigenvalue weighted by Crippen LogP contribution is 2.35. The predicted molar refractivity (Wildman–Crippen MR) is 125 cm³/mol. The van der Waals surface area contributed by atoms with Gasteiger partial charge in [0.15, 0.2) is 0 Å². The third-order valence-corrected chi connectivity index (χ3v) is 4.97. The summed E-state index contributed by atoms with van der Waals surface area (Å²) < 4.78 is 18.1. The highest BCUT2D eigenvalue weighted by molar-refractivity contribution is 5.95. The smallest absolute Gasteiger partial charge is 0.411 e. The van der Waals surface area contributed by atoms with Crippen molar-refractivity contribution in [3.05, 3.63) is 48.0 Å². The van der Waals surface area contributed by atoms with Gasteiger partial charge in [-0.1, -0.05) is 26.0 Å². The summed E-state index contributed by atoms with van der Waals surface area (Å²) in [6, 6.07) is 15.5. The van der Waals surface area contributed by atoms with Gasteiger partial charge in [0.1, 0.15) is 18.4 Å². The molecule has 7 nitrogen and oxygen atoms in total. The molecule has 32 heavy (non-hydrogen) atoms. The molecule has 0 atom stereocenters.